The van der Waals surface area contributed by atoms with Crippen molar-refractivity contribution in [1.82, 2.24) is 10.7 Å². The predicted octanol–water partition coefficient (Wildman–Crippen LogP) is 1.72. The fourth-order valence-electron chi connectivity index (χ4n) is 2.29. The molecule has 0 spiro atoms. The Hall–Kier alpha value is -3.55. The maximum Gasteiger partial charge on any atom is 0.259 e. The molecule has 2 aromatic rings. The first-order chi connectivity index (χ1) is 13.1. The molecule has 0 fully saturated rings. The number of furan rings is 1. The number of hydrazone groups is 1. The van der Waals surface area contributed by atoms with Crippen molar-refractivity contribution in [3.8, 4) is 11.5 Å². The van der Waals surface area contributed by atoms with Gasteiger partial charge in [0.15, 0.2) is 11.5 Å². The van der Waals surface area contributed by atoms with Gasteiger partial charge in [-0.25, -0.2) is 5.43 Å². The van der Waals surface area contributed by atoms with Crippen LogP contribution in [0.2, 0.25) is 0 Å². The van der Waals surface area contributed by atoms with Gasteiger partial charge in [0.05, 0.1) is 18.5 Å². The Bertz CT molecular complexity index is 871. The Morgan fingerprint density at radius 1 is 1.19 bits per heavy atom. The molecule has 8 nitrogen and oxygen atoms in total. The number of rotatable bonds is 6. The third kappa shape index (κ3) is 5.21. The highest BCUT2D eigenvalue weighted by Gasteiger charge is 2.12. The molecule has 140 valence electrons. The second kappa shape index (κ2) is 8.70. The zero-order valence-electron chi connectivity index (χ0n) is 14.7. The van der Waals surface area contributed by atoms with Gasteiger partial charge in [-0.15, -0.1) is 0 Å². The molecular weight excluding hydrogens is 350 g/mol. The van der Waals surface area contributed by atoms with E-state index in [0.29, 0.717) is 36.2 Å². The van der Waals surface area contributed by atoms with E-state index in [-0.39, 0.29) is 6.54 Å². The number of hydrogen-bond donors (Lipinski definition) is 2. The molecule has 0 aliphatic carbocycles. The molecule has 1 aromatic heterocycles. The summed E-state index contributed by atoms with van der Waals surface area (Å²) in [6.07, 6.45) is 4.31. The predicted molar refractivity (Wildman–Crippen MR) is 98.5 cm³/mol. The maximum atomic E-state index is 11.8. The van der Waals surface area contributed by atoms with Crippen LogP contribution < -0.4 is 20.2 Å². The molecule has 1 aromatic carbocycles. The van der Waals surface area contributed by atoms with E-state index in [4.69, 9.17) is 13.9 Å². The van der Waals surface area contributed by atoms with E-state index >= 15 is 0 Å². The van der Waals surface area contributed by atoms with Gasteiger partial charge in [-0.05, 0) is 43.3 Å². The first kappa shape index (κ1) is 18.2. The van der Waals surface area contributed by atoms with Crippen LogP contribution in [-0.2, 0) is 9.59 Å². The van der Waals surface area contributed by atoms with Crippen LogP contribution in [0.3, 0.4) is 0 Å². The van der Waals surface area contributed by atoms with Gasteiger partial charge in [-0.2, -0.15) is 5.10 Å². The molecule has 27 heavy (non-hydrogen) atoms. The van der Waals surface area contributed by atoms with Gasteiger partial charge in [0, 0.05) is 11.6 Å². The lowest BCUT2D eigenvalue weighted by Gasteiger charge is -2.18. The standard InChI is InChI=1S/C19H19N3O5/c1-13(14-4-6-16-17(11-14)27-10-9-26-16)21-22-19(24)12-20-18(23)7-5-15-3-2-8-25-15/h2-8,11H,9-10,12H2,1H3,(H,20,23)(H,22,24). The van der Waals surface area contributed by atoms with Crippen LogP contribution in [0.25, 0.3) is 6.08 Å². The average molecular weight is 369 g/mol. The molecule has 2 amide bonds. The summed E-state index contributed by atoms with van der Waals surface area (Å²) in [4.78, 5) is 23.5. The van der Waals surface area contributed by atoms with E-state index in [1.165, 1.54) is 18.4 Å². The number of amides is 2. The zero-order valence-corrected chi connectivity index (χ0v) is 14.7. The van der Waals surface area contributed by atoms with Crippen LogP contribution in [0.15, 0.2) is 52.2 Å². The monoisotopic (exact) mass is 369 g/mol. The van der Waals surface area contributed by atoms with Crippen molar-refractivity contribution >= 4 is 23.6 Å². The molecule has 8 heteroatoms. The Balaban J connectivity index is 1.48. The summed E-state index contributed by atoms with van der Waals surface area (Å²) in [5.74, 6) is 1.04. The Morgan fingerprint density at radius 2 is 2.00 bits per heavy atom. The minimum atomic E-state index is -0.438. The minimum Gasteiger partial charge on any atom is -0.486 e. The van der Waals surface area contributed by atoms with E-state index < -0.39 is 11.8 Å². The van der Waals surface area contributed by atoms with Gasteiger partial charge >= 0.3 is 0 Å². The van der Waals surface area contributed by atoms with Crippen molar-refractivity contribution in [2.45, 2.75) is 6.92 Å². The van der Waals surface area contributed by atoms with Crippen LogP contribution in [0.1, 0.15) is 18.2 Å². The number of fused-ring (bicyclic) bond motifs is 1. The lowest BCUT2D eigenvalue weighted by atomic mass is 10.1. The highest BCUT2D eigenvalue weighted by Crippen LogP contribution is 2.30. The second-order valence-corrected chi connectivity index (χ2v) is 5.66. The molecule has 0 radical (unpaired) electrons. The Labute approximate surface area is 155 Å². The number of benzene rings is 1. The second-order valence-electron chi connectivity index (χ2n) is 5.66. The summed E-state index contributed by atoms with van der Waals surface area (Å²) in [6.45, 7) is 2.59. The van der Waals surface area contributed by atoms with Crippen LogP contribution in [0.4, 0.5) is 0 Å². The fourth-order valence-corrected chi connectivity index (χ4v) is 2.29. The molecule has 0 unspecified atom stereocenters. The topological polar surface area (TPSA) is 102 Å². The van der Waals surface area contributed by atoms with E-state index in [1.807, 2.05) is 6.07 Å². The van der Waals surface area contributed by atoms with Gasteiger partial charge in [0.25, 0.3) is 5.91 Å². The third-order valence-electron chi connectivity index (χ3n) is 3.67. The number of carbonyl (C=O) groups excluding carboxylic acids is 2. The van der Waals surface area contributed by atoms with Gasteiger partial charge in [0.2, 0.25) is 5.91 Å². The average Bonchev–Trinajstić information content (AvgIpc) is 3.22. The zero-order chi connectivity index (χ0) is 19.1. The largest absolute Gasteiger partial charge is 0.486 e. The molecule has 0 atom stereocenters. The molecule has 2 heterocycles. The molecule has 0 saturated heterocycles. The summed E-state index contributed by atoms with van der Waals surface area (Å²) in [6, 6.07) is 8.87. The lowest BCUT2D eigenvalue weighted by molar-refractivity contribution is -0.123. The van der Waals surface area contributed by atoms with Crippen molar-refractivity contribution in [3.63, 3.8) is 0 Å². The number of hydrogen-bond acceptors (Lipinski definition) is 6. The Kier molecular flexibility index (Phi) is 5.88. The van der Waals surface area contributed by atoms with E-state index in [1.54, 1.807) is 31.2 Å². The lowest BCUT2D eigenvalue weighted by Crippen LogP contribution is -2.34. The van der Waals surface area contributed by atoms with Gasteiger partial charge in [-0.1, -0.05) is 0 Å². The summed E-state index contributed by atoms with van der Waals surface area (Å²) in [5.41, 5.74) is 3.80. The van der Waals surface area contributed by atoms with Crippen molar-refractivity contribution in [2.24, 2.45) is 5.10 Å². The van der Waals surface area contributed by atoms with Gasteiger partial charge < -0.3 is 19.2 Å². The highest BCUT2D eigenvalue weighted by atomic mass is 16.6. The number of nitrogens with one attached hydrogen (secondary N) is 2. The summed E-state index contributed by atoms with van der Waals surface area (Å²) in [7, 11) is 0. The van der Waals surface area contributed by atoms with Crippen molar-refractivity contribution < 1.29 is 23.5 Å². The number of ether oxygens (including phenoxy) is 2. The van der Waals surface area contributed by atoms with Crippen LogP contribution in [0.5, 0.6) is 11.5 Å². The van der Waals surface area contributed by atoms with E-state index in [9.17, 15) is 9.59 Å². The summed E-state index contributed by atoms with van der Waals surface area (Å²) >= 11 is 0. The molecule has 3 rings (SSSR count). The van der Waals surface area contributed by atoms with Crippen LogP contribution in [0, 0.1) is 0 Å². The first-order valence-electron chi connectivity index (χ1n) is 8.34. The minimum absolute atomic E-state index is 0.195. The summed E-state index contributed by atoms with van der Waals surface area (Å²) in [5, 5.41) is 6.51. The van der Waals surface area contributed by atoms with Crippen molar-refractivity contribution in [2.75, 3.05) is 19.8 Å². The molecule has 1 aliphatic heterocycles. The van der Waals surface area contributed by atoms with Crippen LogP contribution in [-0.4, -0.2) is 37.3 Å². The van der Waals surface area contributed by atoms with Crippen LogP contribution >= 0.6 is 0 Å². The highest BCUT2D eigenvalue weighted by molar-refractivity contribution is 6.00. The number of carbonyl (C=O) groups is 2. The molecule has 1 aliphatic rings. The normalized spacial score (nSPS) is 13.4. The van der Waals surface area contributed by atoms with Crippen molar-refractivity contribution in [3.05, 3.63) is 54.0 Å². The van der Waals surface area contributed by atoms with E-state index in [0.717, 1.165) is 5.56 Å². The molecular formula is C19H19N3O5. The molecule has 0 saturated carbocycles. The SMILES string of the molecule is CC(=NNC(=O)CNC(=O)C=Cc1ccco1)c1ccc2c(c1)OCCO2. The smallest absolute Gasteiger partial charge is 0.259 e. The quantitative estimate of drug-likeness (QED) is 0.459. The number of nitrogens with zero attached hydrogens (tertiary/aromatic N) is 1. The summed E-state index contributed by atoms with van der Waals surface area (Å²) < 4.78 is 16.1. The first-order valence-corrected chi connectivity index (χ1v) is 8.34. The van der Waals surface area contributed by atoms with Gasteiger partial charge in [0.1, 0.15) is 19.0 Å². The van der Waals surface area contributed by atoms with Gasteiger partial charge in [-0.3, -0.25) is 9.59 Å². The van der Waals surface area contributed by atoms with E-state index in [2.05, 4.69) is 15.8 Å². The molecule has 0 bridgehead atoms. The van der Waals surface area contributed by atoms with Crippen molar-refractivity contribution in [1.29, 1.82) is 0 Å². The molecule has 2 N–H and O–H groups in total. The Morgan fingerprint density at radius 3 is 2.78 bits per heavy atom. The maximum absolute atomic E-state index is 11.8. The third-order valence-corrected chi connectivity index (χ3v) is 3.67. The fraction of sp³-hybridized carbons (Fsp3) is 0.211.